The summed E-state index contributed by atoms with van der Waals surface area (Å²) >= 11 is 29.7. The monoisotopic (exact) mass is 371 g/mol. The van der Waals surface area contributed by atoms with Crippen molar-refractivity contribution in [1.29, 1.82) is 0 Å². The van der Waals surface area contributed by atoms with Gasteiger partial charge in [-0.3, -0.25) is 9.78 Å². The lowest BCUT2D eigenvalue weighted by atomic mass is 10.1. The van der Waals surface area contributed by atoms with Gasteiger partial charge in [-0.25, -0.2) is 4.39 Å². The first kappa shape index (κ1) is 15.8. The largest absolute Gasteiger partial charge is 0.298 e. The standard InChI is InChI=1S/C12H3Cl5FNO/c13-7-6(8(14)10(16)11(17)9(7)15)12-5(18)1-4(3-20)2-19-12/h1-3H. The molecule has 104 valence electrons. The topological polar surface area (TPSA) is 30.0 Å². The number of rotatable bonds is 2. The maximum atomic E-state index is 14.0. The number of aromatic nitrogens is 1. The van der Waals surface area contributed by atoms with E-state index in [-0.39, 0.29) is 41.9 Å². The first-order valence-corrected chi connectivity index (χ1v) is 6.90. The molecular formula is C12H3Cl5FNO. The predicted octanol–water partition coefficient (Wildman–Crippen LogP) is 5.97. The van der Waals surface area contributed by atoms with E-state index in [1.165, 1.54) is 6.20 Å². The van der Waals surface area contributed by atoms with Gasteiger partial charge in [0.2, 0.25) is 0 Å². The Balaban J connectivity index is 2.80. The molecule has 2 rings (SSSR count). The lowest BCUT2D eigenvalue weighted by molar-refractivity contribution is 0.112. The smallest absolute Gasteiger partial charge is 0.151 e. The highest BCUT2D eigenvalue weighted by atomic mass is 35.5. The first-order valence-electron chi connectivity index (χ1n) is 5.01. The zero-order chi connectivity index (χ0) is 15.0. The molecule has 1 heterocycles. The highest BCUT2D eigenvalue weighted by Crippen LogP contribution is 2.48. The van der Waals surface area contributed by atoms with Crippen molar-refractivity contribution in [3.05, 3.63) is 48.8 Å². The van der Waals surface area contributed by atoms with Crippen LogP contribution in [0.25, 0.3) is 11.3 Å². The van der Waals surface area contributed by atoms with Crippen molar-refractivity contribution in [3.8, 4) is 11.3 Å². The molecule has 0 bridgehead atoms. The van der Waals surface area contributed by atoms with E-state index in [0.717, 1.165) is 6.07 Å². The molecular weight excluding hydrogens is 370 g/mol. The minimum absolute atomic E-state index is 0.0164. The number of halogens is 6. The molecule has 20 heavy (non-hydrogen) atoms. The molecule has 0 atom stereocenters. The zero-order valence-corrected chi connectivity index (χ0v) is 13.1. The quantitative estimate of drug-likeness (QED) is 0.369. The Hall–Kier alpha value is -0.580. The molecule has 0 saturated carbocycles. The van der Waals surface area contributed by atoms with E-state index in [2.05, 4.69) is 4.98 Å². The van der Waals surface area contributed by atoms with E-state index in [1.807, 2.05) is 0 Å². The molecule has 0 aliphatic heterocycles. The number of pyridine rings is 1. The molecule has 0 unspecified atom stereocenters. The van der Waals surface area contributed by atoms with Gasteiger partial charge in [-0.1, -0.05) is 58.0 Å². The zero-order valence-electron chi connectivity index (χ0n) is 9.36. The highest BCUT2D eigenvalue weighted by Gasteiger charge is 2.23. The third-order valence-corrected chi connectivity index (χ3v) is 4.72. The molecule has 0 radical (unpaired) electrons. The fourth-order valence-electron chi connectivity index (χ4n) is 1.51. The summed E-state index contributed by atoms with van der Waals surface area (Å²) in [5, 5.41) is -0.290. The van der Waals surface area contributed by atoms with Crippen LogP contribution >= 0.6 is 58.0 Å². The summed E-state index contributed by atoms with van der Waals surface area (Å²) in [5.74, 6) is -0.784. The third-order valence-electron chi connectivity index (χ3n) is 2.45. The SMILES string of the molecule is O=Cc1cnc(-c2c(Cl)c(Cl)c(Cl)c(Cl)c2Cl)c(F)c1. The fraction of sp³-hybridized carbons (Fsp3) is 0. The van der Waals surface area contributed by atoms with E-state index in [4.69, 9.17) is 58.0 Å². The van der Waals surface area contributed by atoms with Crippen LogP contribution in [-0.2, 0) is 0 Å². The van der Waals surface area contributed by atoms with E-state index in [1.54, 1.807) is 0 Å². The Morgan fingerprint density at radius 2 is 1.45 bits per heavy atom. The molecule has 0 saturated heterocycles. The summed E-state index contributed by atoms with van der Waals surface area (Å²) in [4.78, 5) is 14.4. The van der Waals surface area contributed by atoms with Gasteiger partial charge in [-0.2, -0.15) is 0 Å². The number of aldehydes is 1. The van der Waals surface area contributed by atoms with Gasteiger partial charge in [0.05, 0.1) is 25.1 Å². The highest BCUT2D eigenvalue weighted by molar-refractivity contribution is 6.56. The molecule has 8 heteroatoms. The minimum Gasteiger partial charge on any atom is -0.298 e. The van der Waals surface area contributed by atoms with Crippen LogP contribution in [0.15, 0.2) is 12.3 Å². The van der Waals surface area contributed by atoms with Crippen molar-refractivity contribution < 1.29 is 9.18 Å². The summed E-state index contributed by atoms with van der Waals surface area (Å²) < 4.78 is 14.0. The average molecular weight is 373 g/mol. The Kier molecular flexibility index (Phi) is 4.77. The van der Waals surface area contributed by atoms with Crippen LogP contribution in [0.5, 0.6) is 0 Å². The maximum Gasteiger partial charge on any atom is 0.151 e. The summed E-state index contributed by atoms with van der Waals surface area (Å²) in [7, 11) is 0. The molecule has 0 N–H and O–H groups in total. The van der Waals surface area contributed by atoms with Gasteiger partial charge in [0.25, 0.3) is 0 Å². The lowest BCUT2D eigenvalue weighted by Gasteiger charge is -2.12. The molecule has 2 nitrogen and oxygen atoms in total. The number of carbonyl (C=O) groups is 1. The van der Waals surface area contributed by atoms with Gasteiger partial charge >= 0.3 is 0 Å². The number of nitrogens with zero attached hydrogens (tertiary/aromatic N) is 1. The van der Waals surface area contributed by atoms with E-state index >= 15 is 0 Å². The molecule has 0 amide bonds. The summed E-state index contributed by atoms with van der Waals surface area (Å²) in [5.41, 5.74) is -0.0848. The minimum atomic E-state index is -0.784. The lowest BCUT2D eigenvalue weighted by Crippen LogP contribution is -1.95. The molecule has 1 aromatic heterocycles. The molecule has 0 aliphatic rings. The van der Waals surface area contributed by atoms with Crippen LogP contribution in [0.2, 0.25) is 25.1 Å². The van der Waals surface area contributed by atoms with Crippen LogP contribution in [0.3, 0.4) is 0 Å². The number of hydrogen-bond donors (Lipinski definition) is 0. The van der Waals surface area contributed by atoms with Crippen molar-refractivity contribution in [1.82, 2.24) is 4.98 Å². The second kappa shape index (κ2) is 6.04. The molecule has 0 aliphatic carbocycles. The molecule has 0 fully saturated rings. The van der Waals surface area contributed by atoms with Gasteiger partial charge in [-0.05, 0) is 6.07 Å². The van der Waals surface area contributed by atoms with Crippen molar-refractivity contribution in [2.24, 2.45) is 0 Å². The van der Waals surface area contributed by atoms with Crippen molar-refractivity contribution in [3.63, 3.8) is 0 Å². The number of carbonyl (C=O) groups excluding carboxylic acids is 1. The molecule has 2 aromatic rings. The maximum absolute atomic E-state index is 14.0. The summed E-state index contributed by atoms with van der Waals surface area (Å²) in [6, 6.07) is 0.998. The van der Waals surface area contributed by atoms with Crippen LogP contribution < -0.4 is 0 Å². The van der Waals surface area contributed by atoms with Gasteiger partial charge in [0.1, 0.15) is 11.5 Å². The van der Waals surface area contributed by atoms with E-state index in [0.29, 0.717) is 6.29 Å². The summed E-state index contributed by atoms with van der Waals surface area (Å²) in [6.07, 6.45) is 1.64. The van der Waals surface area contributed by atoms with E-state index in [9.17, 15) is 9.18 Å². The number of hydrogen-bond acceptors (Lipinski definition) is 2. The van der Waals surface area contributed by atoms with Gasteiger partial charge < -0.3 is 0 Å². The second-order valence-corrected chi connectivity index (χ2v) is 5.55. The Morgan fingerprint density at radius 1 is 0.950 bits per heavy atom. The molecule has 1 aromatic carbocycles. The average Bonchev–Trinajstić information content (AvgIpc) is 2.44. The normalized spacial score (nSPS) is 10.7. The Bertz CT molecular complexity index is 690. The van der Waals surface area contributed by atoms with Crippen molar-refractivity contribution >= 4 is 64.3 Å². The fourth-order valence-corrected chi connectivity index (χ4v) is 2.83. The van der Waals surface area contributed by atoms with Gasteiger partial charge in [-0.15, -0.1) is 0 Å². The number of benzene rings is 1. The third kappa shape index (κ3) is 2.61. The van der Waals surface area contributed by atoms with Crippen LogP contribution in [-0.4, -0.2) is 11.3 Å². The predicted molar refractivity (Wildman–Crippen MR) is 80.1 cm³/mol. The summed E-state index contributed by atoms with van der Waals surface area (Å²) in [6.45, 7) is 0. The molecule has 0 spiro atoms. The van der Waals surface area contributed by atoms with Crippen molar-refractivity contribution in [2.45, 2.75) is 0 Å². The van der Waals surface area contributed by atoms with E-state index < -0.39 is 5.82 Å². The van der Waals surface area contributed by atoms with Crippen molar-refractivity contribution in [2.75, 3.05) is 0 Å². The Morgan fingerprint density at radius 3 is 1.90 bits per heavy atom. The van der Waals surface area contributed by atoms with Gasteiger partial charge in [0.15, 0.2) is 6.29 Å². The van der Waals surface area contributed by atoms with Crippen LogP contribution in [0.1, 0.15) is 10.4 Å². The van der Waals surface area contributed by atoms with Crippen LogP contribution in [0.4, 0.5) is 4.39 Å². The second-order valence-electron chi connectivity index (χ2n) is 3.66. The first-order chi connectivity index (χ1) is 9.38. The Labute approximate surface area is 138 Å². The van der Waals surface area contributed by atoms with Crippen LogP contribution in [0, 0.1) is 5.82 Å². The van der Waals surface area contributed by atoms with Gasteiger partial charge in [0, 0.05) is 17.3 Å².